The third-order valence-corrected chi connectivity index (χ3v) is 18.8. The van der Waals surface area contributed by atoms with Crippen LogP contribution < -0.4 is 0 Å². The molecule has 0 radical (unpaired) electrons. The van der Waals surface area contributed by atoms with E-state index in [0.29, 0.717) is 0 Å². The third-order valence-electron chi connectivity index (χ3n) is 2.00. The molecule has 0 saturated heterocycles. The first kappa shape index (κ1) is 25.2. The van der Waals surface area contributed by atoms with Gasteiger partial charge in [-0.15, -0.1) is 0 Å². The van der Waals surface area contributed by atoms with Gasteiger partial charge in [0.25, 0.3) is 0 Å². The monoisotopic (exact) mass is 1100 g/mol. The molecule has 0 aromatic carbocycles. The Kier molecular flexibility index (Phi) is 11.3. The molecule has 1 unspecified atom stereocenters. The van der Waals surface area contributed by atoms with Gasteiger partial charge in [0.2, 0.25) is 0 Å². The molecule has 0 aliphatic heterocycles. The van der Waals surface area contributed by atoms with E-state index < -0.39 is 15.1 Å². The van der Waals surface area contributed by atoms with Crippen LogP contribution in [0.5, 0.6) is 0 Å². The van der Waals surface area contributed by atoms with Gasteiger partial charge < -0.3 is 0 Å². The average Bonchev–Trinajstić information content (AvgIpc) is 2.09. The number of halogens is 13. The molecule has 0 aliphatic rings. The van der Waals surface area contributed by atoms with Crippen molar-refractivity contribution in [3.63, 3.8) is 0 Å². The Morgan fingerprint density at radius 3 is 0.789 bits per heavy atom. The predicted molar refractivity (Wildman–Crippen MR) is 133 cm³/mol. The highest BCUT2D eigenvalue weighted by Gasteiger charge is 2.74. The predicted octanol–water partition coefficient (Wildman–Crippen LogP) is 9.89. The molecule has 0 aliphatic carbocycles. The van der Waals surface area contributed by atoms with Gasteiger partial charge in [-0.3, -0.25) is 0 Å². The van der Waals surface area contributed by atoms with Crippen LogP contribution in [0.1, 0.15) is 0 Å². The molecule has 116 valence electrons. The molecule has 1 atom stereocenters. The van der Waals surface area contributed by atoms with Crippen LogP contribution in [-0.4, -0.2) is 18.8 Å². The first-order valence-corrected chi connectivity index (χ1v) is 14.4. The van der Waals surface area contributed by atoms with Gasteiger partial charge >= 0.3 is 0 Å². The zero-order valence-corrected chi connectivity index (χ0v) is 28.6. The van der Waals surface area contributed by atoms with Crippen molar-refractivity contribution in [2.24, 2.45) is 0 Å². The molecule has 0 bridgehead atoms. The Hall–Kier alpha value is 6.24. The van der Waals surface area contributed by atoms with Gasteiger partial charge in [-0.25, -0.2) is 0 Å². The third kappa shape index (κ3) is 5.15. The van der Waals surface area contributed by atoms with E-state index in [2.05, 4.69) is 207 Å². The van der Waals surface area contributed by atoms with Crippen molar-refractivity contribution in [2.45, 2.75) is 18.8 Å². The molecule has 0 saturated carbocycles. The van der Waals surface area contributed by atoms with Crippen LogP contribution in [0.4, 0.5) is 0 Å². The summed E-state index contributed by atoms with van der Waals surface area (Å²) >= 11 is 47.1. The summed E-state index contributed by atoms with van der Waals surface area (Å²) in [4.78, 5) is 0. The lowest BCUT2D eigenvalue weighted by Gasteiger charge is -2.56. The number of rotatable bonds is 2. The van der Waals surface area contributed by atoms with Crippen molar-refractivity contribution in [2.75, 3.05) is 0 Å². The summed E-state index contributed by atoms with van der Waals surface area (Å²) in [7, 11) is 0. The first-order chi connectivity index (χ1) is 7.94. The lowest BCUT2D eigenvalue weighted by Crippen LogP contribution is -2.68. The molecule has 0 N–H and O–H groups in total. The molecule has 0 rings (SSSR count). The Morgan fingerprint density at radius 2 is 0.737 bits per heavy atom. The van der Waals surface area contributed by atoms with Crippen molar-refractivity contribution < 1.29 is 0 Å². The molecule has 19 heavy (non-hydrogen) atoms. The van der Waals surface area contributed by atoms with Gasteiger partial charge in [-0.05, 0) is 0 Å². The van der Waals surface area contributed by atoms with E-state index in [0.717, 1.165) is 0 Å². The minimum absolute atomic E-state index is 0.177. The summed E-state index contributed by atoms with van der Waals surface area (Å²) in [5, 5.41) is 0. The maximum absolute atomic E-state index is 3.81. The van der Waals surface area contributed by atoms with Crippen LogP contribution in [0, 0.1) is 0 Å². The highest BCUT2D eigenvalue weighted by atomic mass is 80.0. The maximum Gasteiger partial charge on any atom is 0.154 e. The minimum Gasteiger partial charge on any atom is -0.0779 e. The Balaban J connectivity index is 6.45. The van der Waals surface area contributed by atoms with E-state index in [1.54, 1.807) is 0 Å². The van der Waals surface area contributed by atoms with Crippen LogP contribution in [-0.2, 0) is 0 Å². The first-order valence-electron chi connectivity index (χ1n) is 3.80. The molecular weight excluding hydrogens is 1110 g/mol. The Bertz CT molecular complexity index is 303. The summed E-state index contributed by atoms with van der Waals surface area (Å²) in [5.74, 6) is 0. The molecular formula is C6HBr13. The molecule has 0 heterocycles. The van der Waals surface area contributed by atoms with Crippen molar-refractivity contribution in [3.05, 3.63) is 0 Å². The zero-order valence-electron chi connectivity index (χ0n) is 7.99. The normalized spacial score (nSPS) is 18.6. The molecule has 0 nitrogen and oxygen atoms in total. The van der Waals surface area contributed by atoms with E-state index in [9.17, 15) is 0 Å². The summed E-state index contributed by atoms with van der Waals surface area (Å²) in [6.07, 6.45) is 0. The zero-order chi connectivity index (χ0) is 16.1. The van der Waals surface area contributed by atoms with Crippen molar-refractivity contribution in [1.29, 1.82) is 0 Å². The number of alkyl halides is 13. The van der Waals surface area contributed by atoms with Gasteiger partial charge in [0.1, 0.15) is 8.65 Å². The Labute approximate surface area is 221 Å². The fourth-order valence-electron chi connectivity index (χ4n) is 1.04. The average molecular weight is 1110 g/mol. The van der Waals surface area contributed by atoms with Crippen molar-refractivity contribution in [3.8, 4) is 0 Å². The highest BCUT2D eigenvalue weighted by Crippen LogP contribution is 2.74. The fraction of sp³-hybridized carbons (Fsp3) is 1.00. The fourth-order valence-corrected chi connectivity index (χ4v) is 16.0. The van der Waals surface area contributed by atoms with Crippen molar-refractivity contribution >= 4 is 207 Å². The van der Waals surface area contributed by atoms with Gasteiger partial charge in [-0.1, -0.05) is 207 Å². The molecule has 0 aromatic rings. The number of hydrogen-bond acceptors (Lipinski definition) is 0. The summed E-state index contributed by atoms with van der Waals surface area (Å²) in [6.45, 7) is 0. The molecule has 0 aromatic heterocycles. The van der Waals surface area contributed by atoms with E-state index in [1.807, 2.05) is 0 Å². The van der Waals surface area contributed by atoms with Crippen LogP contribution in [0.25, 0.3) is 0 Å². The molecule has 0 spiro atoms. The van der Waals surface area contributed by atoms with Gasteiger partial charge in [0.05, 0.1) is 3.74 Å². The second kappa shape index (κ2) is 8.50. The maximum atomic E-state index is 3.81. The quantitative estimate of drug-likeness (QED) is 0.242. The van der Waals surface area contributed by atoms with E-state index in [1.165, 1.54) is 0 Å². The van der Waals surface area contributed by atoms with E-state index >= 15 is 0 Å². The standard InChI is InChI=1S/C6HBr13/c7-1(8)2(9,4(11,12)13)3(10,5(14,15)16)6(17,18)19/h1H. The second-order valence-electron chi connectivity index (χ2n) is 3.16. The van der Waals surface area contributed by atoms with Crippen LogP contribution in [0.15, 0.2) is 0 Å². The van der Waals surface area contributed by atoms with E-state index in [-0.39, 0.29) is 3.74 Å². The molecule has 13 heteroatoms. The van der Waals surface area contributed by atoms with Crippen LogP contribution >= 0.6 is 207 Å². The lowest BCUT2D eigenvalue weighted by molar-refractivity contribution is 0.540. The number of hydrogen-bond donors (Lipinski definition) is 0. The van der Waals surface area contributed by atoms with Gasteiger partial charge in [0, 0.05) is 0 Å². The smallest absolute Gasteiger partial charge is 0.0779 e. The summed E-state index contributed by atoms with van der Waals surface area (Å²) in [5.41, 5.74) is 0. The minimum atomic E-state index is -0.770. The van der Waals surface area contributed by atoms with Crippen molar-refractivity contribution in [1.82, 2.24) is 0 Å². The topological polar surface area (TPSA) is 0 Å². The molecule has 0 amide bonds. The summed E-state index contributed by atoms with van der Waals surface area (Å²) in [6, 6.07) is 0. The summed E-state index contributed by atoms with van der Waals surface area (Å²) < 4.78 is -3.79. The second-order valence-corrected chi connectivity index (χ2v) is 28.9. The van der Waals surface area contributed by atoms with Gasteiger partial charge in [0.15, 0.2) is 6.43 Å². The Morgan fingerprint density at radius 1 is 0.474 bits per heavy atom. The van der Waals surface area contributed by atoms with Crippen LogP contribution in [0.3, 0.4) is 0 Å². The SMILES string of the molecule is BrC(Br)C(Br)(C(Br)(Br)Br)C(Br)(C(Br)(Br)Br)C(Br)(Br)Br. The lowest BCUT2D eigenvalue weighted by atomic mass is 9.99. The largest absolute Gasteiger partial charge is 0.154 e. The van der Waals surface area contributed by atoms with Gasteiger partial charge in [-0.2, -0.15) is 0 Å². The highest BCUT2D eigenvalue weighted by molar-refractivity contribution is 9.42. The van der Waals surface area contributed by atoms with E-state index in [4.69, 9.17) is 0 Å². The van der Waals surface area contributed by atoms with Crippen LogP contribution in [0.2, 0.25) is 0 Å². The molecule has 0 fully saturated rings.